The first-order chi connectivity index (χ1) is 9.83. The van der Waals surface area contributed by atoms with Crippen LogP contribution in [0.25, 0.3) is 0 Å². The summed E-state index contributed by atoms with van der Waals surface area (Å²) in [5.74, 6) is 1.13. The third kappa shape index (κ3) is 3.93. The van der Waals surface area contributed by atoms with E-state index < -0.39 is 0 Å². The van der Waals surface area contributed by atoms with Gasteiger partial charge in [-0.1, -0.05) is 0 Å². The van der Waals surface area contributed by atoms with Crippen LogP contribution in [-0.2, 0) is 9.53 Å². The molecular formula is C15H27N3O2. The lowest BCUT2D eigenvalue weighted by atomic mass is 10.2. The Hall–Kier alpha value is -0.650. The van der Waals surface area contributed by atoms with E-state index in [1.807, 2.05) is 0 Å². The molecule has 2 saturated heterocycles. The van der Waals surface area contributed by atoms with Gasteiger partial charge in [0.1, 0.15) is 0 Å². The Morgan fingerprint density at radius 1 is 1.15 bits per heavy atom. The summed E-state index contributed by atoms with van der Waals surface area (Å²) < 4.78 is 5.39. The molecule has 3 aliphatic rings. The number of hydrogen-bond acceptors (Lipinski definition) is 4. The Morgan fingerprint density at radius 2 is 1.95 bits per heavy atom. The summed E-state index contributed by atoms with van der Waals surface area (Å²) in [6.45, 7) is 7.21. The normalized spacial score (nSPS) is 28.0. The lowest BCUT2D eigenvalue weighted by Crippen LogP contribution is -2.48. The van der Waals surface area contributed by atoms with Crippen molar-refractivity contribution in [2.24, 2.45) is 5.92 Å². The fraction of sp³-hybridized carbons (Fsp3) is 0.933. The summed E-state index contributed by atoms with van der Waals surface area (Å²) in [6, 6.07) is 0.420. The summed E-state index contributed by atoms with van der Waals surface area (Å²) in [6.07, 6.45) is 4.99. The number of ether oxygens (including phenoxy) is 1. The monoisotopic (exact) mass is 281 g/mol. The molecule has 1 unspecified atom stereocenters. The van der Waals surface area contributed by atoms with Crippen LogP contribution in [0.5, 0.6) is 0 Å². The maximum absolute atomic E-state index is 12.3. The van der Waals surface area contributed by atoms with Crippen LogP contribution in [0.3, 0.4) is 0 Å². The van der Waals surface area contributed by atoms with Crippen molar-refractivity contribution in [1.29, 1.82) is 0 Å². The molecule has 0 spiro atoms. The van der Waals surface area contributed by atoms with Gasteiger partial charge in [-0.25, -0.2) is 0 Å². The molecule has 1 amide bonds. The van der Waals surface area contributed by atoms with Gasteiger partial charge in [0.2, 0.25) is 5.91 Å². The minimum atomic E-state index is 0.293. The molecule has 1 atom stereocenters. The molecule has 3 rings (SSSR count). The number of morpholine rings is 1. The van der Waals surface area contributed by atoms with Crippen molar-refractivity contribution < 1.29 is 9.53 Å². The van der Waals surface area contributed by atoms with Crippen LogP contribution >= 0.6 is 0 Å². The van der Waals surface area contributed by atoms with Crippen LogP contribution in [0.1, 0.15) is 25.7 Å². The average Bonchev–Trinajstić information content (AvgIpc) is 3.17. The van der Waals surface area contributed by atoms with Gasteiger partial charge in [0.25, 0.3) is 0 Å². The largest absolute Gasteiger partial charge is 0.379 e. The van der Waals surface area contributed by atoms with E-state index in [0.717, 1.165) is 64.7 Å². The summed E-state index contributed by atoms with van der Waals surface area (Å²) in [4.78, 5) is 16.9. The SMILES string of the molecule is O=C(CNCC1CC1)N1CCCC1CN1CCOCC1. The summed E-state index contributed by atoms with van der Waals surface area (Å²) in [5, 5.41) is 3.32. The van der Waals surface area contributed by atoms with Crippen LogP contribution < -0.4 is 5.32 Å². The van der Waals surface area contributed by atoms with Crippen molar-refractivity contribution in [1.82, 2.24) is 15.1 Å². The Morgan fingerprint density at radius 3 is 2.70 bits per heavy atom. The smallest absolute Gasteiger partial charge is 0.236 e. The molecule has 0 aromatic carbocycles. The quantitative estimate of drug-likeness (QED) is 0.761. The van der Waals surface area contributed by atoms with E-state index >= 15 is 0 Å². The molecule has 0 aromatic rings. The first-order valence-electron chi connectivity index (χ1n) is 8.13. The molecule has 5 heteroatoms. The zero-order valence-corrected chi connectivity index (χ0v) is 12.4. The van der Waals surface area contributed by atoms with E-state index in [1.54, 1.807) is 0 Å². The fourth-order valence-corrected chi connectivity index (χ4v) is 3.24. The second kappa shape index (κ2) is 6.87. The van der Waals surface area contributed by atoms with Crippen molar-refractivity contribution in [3.8, 4) is 0 Å². The molecule has 2 heterocycles. The second-order valence-corrected chi connectivity index (χ2v) is 6.37. The standard InChI is InChI=1S/C15H27N3O2/c19-15(11-16-10-13-3-4-13)18-5-1-2-14(18)12-17-6-8-20-9-7-17/h13-14,16H,1-12H2. The summed E-state index contributed by atoms with van der Waals surface area (Å²) in [7, 11) is 0. The maximum atomic E-state index is 12.3. The first-order valence-corrected chi connectivity index (χ1v) is 8.13. The van der Waals surface area contributed by atoms with Crippen molar-refractivity contribution in [2.75, 3.05) is 52.5 Å². The Kier molecular flexibility index (Phi) is 4.91. The molecule has 5 nitrogen and oxygen atoms in total. The van der Waals surface area contributed by atoms with E-state index in [2.05, 4.69) is 15.1 Å². The van der Waals surface area contributed by atoms with Gasteiger partial charge in [-0.3, -0.25) is 9.69 Å². The van der Waals surface area contributed by atoms with E-state index in [9.17, 15) is 4.79 Å². The third-order valence-electron chi connectivity index (χ3n) is 4.68. The minimum Gasteiger partial charge on any atom is -0.379 e. The van der Waals surface area contributed by atoms with E-state index in [1.165, 1.54) is 12.8 Å². The molecule has 0 aromatic heterocycles. The van der Waals surface area contributed by atoms with Crippen molar-refractivity contribution >= 4 is 5.91 Å². The van der Waals surface area contributed by atoms with Gasteiger partial charge < -0.3 is 15.0 Å². The van der Waals surface area contributed by atoms with Gasteiger partial charge in [0.05, 0.1) is 19.8 Å². The molecule has 1 saturated carbocycles. The van der Waals surface area contributed by atoms with Gasteiger partial charge in [-0.15, -0.1) is 0 Å². The van der Waals surface area contributed by atoms with Crippen molar-refractivity contribution in [3.63, 3.8) is 0 Å². The van der Waals surface area contributed by atoms with E-state index in [0.29, 0.717) is 18.5 Å². The zero-order valence-electron chi connectivity index (χ0n) is 12.4. The molecule has 0 radical (unpaired) electrons. The number of nitrogens with zero attached hydrogens (tertiary/aromatic N) is 2. The van der Waals surface area contributed by atoms with E-state index in [-0.39, 0.29) is 0 Å². The highest BCUT2D eigenvalue weighted by atomic mass is 16.5. The van der Waals surface area contributed by atoms with Crippen LogP contribution in [-0.4, -0.2) is 74.2 Å². The van der Waals surface area contributed by atoms with E-state index in [4.69, 9.17) is 4.74 Å². The van der Waals surface area contributed by atoms with Gasteiger partial charge in [-0.2, -0.15) is 0 Å². The maximum Gasteiger partial charge on any atom is 0.236 e. The van der Waals surface area contributed by atoms with Crippen molar-refractivity contribution in [3.05, 3.63) is 0 Å². The predicted molar refractivity (Wildman–Crippen MR) is 77.6 cm³/mol. The Balaban J connectivity index is 1.42. The molecule has 2 aliphatic heterocycles. The number of carbonyl (C=O) groups is 1. The number of amides is 1. The van der Waals surface area contributed by atoms with Crippen LogP contribution in [0, 0.1) is 5.92 Å². The number of hydrogen-bond donors (Lipinski definition) is 1. The minimum absolute atomic E-state index is 0.293. The highest BCUT2D eigenvalue weighted by molar-refractivity contribution is 5.78. The molecule has 1 N–H and O–H groups in total. The van der Waals surface area contributed by atoms with Gasteiger partial charge in [0.15, 0.2) is 0 Å². The highest BCUT2D eigenvalue weighted by Gasteiger charge is 2.30. The van der Waals surface area contributed by atoms with Gasteiger partial charge in [-0.05, 0) is 38.1 Å². The number of rotatable bonds is 6. The molecule has 114 valence electrons. The fourth-order valence-electron chi connectivity index (χ4n) is 3.24. The average molecular weight is 281 g/mol. The van der Waals surface area contributed by atoms with Gasteiger partial charge in [0, 0.05) is 32.2 Å². The Labute approximate surface area is 121 Å². The van der Waals surface area contributed by atoms with Crippen LogP contribution in [0.15, 0.2) is 0 Å². The lowest BCUT2D eigenvalue weighted by molar-refractivity contribution is -0.131. The number of likely N-dealkylation sites (tertiary alicyclic amines) is 1. The first kappa shape index (κ1) is 14.3. The highest BCUT2D eigenvalue weighted by Crippen LogP contribution is 2.27. The molecule has 3 fully saturated rings. The number of nitrogens with one attached hydrogen (secondary N) is 1. The zero-order chi connectivity index (χ0) is 13.8. The van der Waals surface area contributed by atoms with Gasteiger partial charge >= 0.3 is 0 Å². The summed E-state index contributed by atoms with van der Waals surface area (Å²) in [5.41, 5.74) is 0. The molecular weight excluding hydrogens is 254 g/mol. The number of carbonyl (C=O) groups excluding carboxylic acids is 1. The topological polar surface area (TPSA) is 44.8 Å². The van der Waals surface area contributed by atoms with Crippen LogP contribution in [0.2, 0.25) is 0 Å². The Bertz CT molecular complexity index is 327. The molecule has 1 aliphatic carbocycles. The lowest BCUT2D eigenvalue weighted by Gasteiger charge is -2.33. The summed E-state index contributed by atoms with van der Waals surface area (Å²) >= 11 is 0. The van der Waals surface area contributed by atoms with Crippen LogP contribution in [0.4, 0.5) is 0 Å². The van der Waals surface area contributed by atoms with Crippen molar-refractivity contribution in [2.45, 2.75) is 31.7 Å². The molecule has 20 heavy (non-hydrogen) atoms. The second-order valence-electron chi connectivity index (χ2n) is 6.37. The molecule has 0 bridgehead atoms. The third-order valence-corrected chi connectivity index (χ3v) is 4.68. The predicted octanol–water partition coefficient (Wildman–Crippen LogP) is 0.309.